The SMILES string of the molecule is CCc1ccc(N([C@@H](C)C(=O)Nc2cccc([N+](=O)[O-])c2)S(C)(=O)=O)cc1. The summed E-state index contributed by atoms with van der Waals surface area (Å²) in [5, 5.41) is 13.4. The molecule has 2 aromatic carbocycles. The zero-order valence-corrected chi connectivity index (χ0v) is 16.1. The van der Waals surface area contributed by atoms with Crippen LogP contribution >= 0.6 is 0 Å². The number of non-ortho nitro benzene ring substituents is 1. The average Bonchev–Trinajstić information content (AvgIpc) is 2.61. The van der Waals surface area contributed by atoms with Crippen molar-refractivity contribution in [1.29, 1.82) is 0 Å². The van der Waals surface area contributed by atoms with Gasteiger partial charge in [0.2, 0.25) is 15.9 Å². The molecule has 0 spiro atoms. The van der Waals surface area contributed by atoms with Crippen molar-refractivity contribution in [3.05, 3.63) is 64.2 Å². The van der Waals surface area contributed by atoms with E-state index in [4.69, 9.17) is 0 Å². The Kier molecular flexibility index (Phi) is 6.17. The molecule has 0 radical (unpaired) electrons. The van der Waals surface area contributed by atoms with Crippen LogP contribution in [-0.4, -0.2) is 31.5 Å². The van der Waals surface area contributed by atoms with Crippen molar-refractivity contribution >= 4 is 33.0 Å². The van der Waals surface area contributed by atoms with Crippen LogP contribution in [0.15, 0.2) is 48.5 Å². The summed E-state index contributed by atoms with van der Waals surface area (Å²) in [5.74, 6) is -0.597. The van der Waals surface area contributed by atoms with Gasteiger partial charge in [0.05, 0.1) is 16.9 Å². The monoisotopic (exact) mass is 391 g/mol. The number of rotatable bonds is 7. The summed E-state index contributed by atoms with van der Waals surface area (Å²) >= 11 is 0. The molecule has 0 unspecified atom stereocenters. The van der Waals surface area contributed by atoms with Gasteiger partial charge in [-0.2, -0.15) is 0 Å². The van der Waals surface area contributed by atoms with Gasteiger partial charge in [0, 0.05) is 17.8 Å². The van der Waals surface area contributed by atoms with Gasteiger partial charge >= 0.3 is 0 Å². The molecule has 0 saturated carbocycles. The van der Waals surface area contributed by atoms with Crippen LogP contribution in [0.2, 0.25) is 0 Å². The van der Waals surface area contributed by atoms with Crippen molar-refractivity contribution < 1.29 is 18.1 Å². The van der Waals surface area contributed by atoms with E-state index < -0.39 is 26.9 Å². The number of amides is 1. The summed E-state index contributed by atoms with van der Waals surface area (Å²) in [6.45, 7) is 3.44. The molecule has 0 fully saturated rings. The molecule has 144 valence electrons. The molecule has 2 rings (SSSR count). The number of nitro groups is 1. The van der Waals surface area contributed by atoms with Crippen molar-refractivity contribution in [2.75, 3.05) is 15.9 Å². The van der Waals surface area contributed by atoms with E-state index >= 15 is 0 Å². The second kappa shape index (κ2) is 8.17. The zero-order valence-electron chi connectivity index (χ0n) is 15.2. The van der Waals surface area contributed by atoms with Crippen LogP contribution in [-0.2, 0) is 21.2 Å². The molecule has 8 nitrogen and oxygen atoms in total. The Morgan fingerprint density at radius 1 is 1.22 bits per heavy atom. The quantitative estimate of drug-likeness (QED) is 0.576. The first kappa shape index (κ1) is 20.4. The van der Waals surface area contributed by atoms with E-state index in [0.717, 1.165) is 22.5 Å². The van der Waals surface area contributed by atoms with Crippen LogP contribution in [0.3, 0.4) is 0 Å². The molecule has 9 heteroatoms. The lowest BCUT2D eigenvalue weighted by Crippen LogP contribution is -2.45. The molecule has 0 bridgehead atoms. The maximum absolute atomic E-state index is 12.6. The topological polar surface area (TPSA) is 110 Å². The van der Waals surface area contributed by atoms with Crippen LogP contribution in [0.4, 0.5) is 17.1 Å². The predicted octanol–water partition coefficient (Wildman–Crippen LogP) is 2.95. The number of nitro benzene ring substituents is 1. The van der Waals surface area contributed by atoms with Gasteiger partial charge in [0.15, 0.2) is 0 Å². The molecule has 0 aliphatic heterocycles. The van der Waals surface area contributed by atoms with Crippen LogP contribution in [0.5, 0.6) is 0 Å². The molecular formula is C18H21N3O5S. The number of carbonyl (C=O) groups is 1. The van der Waals surface area contributed by atoms with E-state index in [1.165, 1.54) is 31.2 Å². The van der Waals surface area contributed by atoms with Crippen molar-refractivity contribution in [2.45, 2.75) is 26.3 Å². The van der Waals surface area contributed by atoms with E-state index in [0.29, 0.717) is 5.69 Å². The minimum Gasteiger partial charge on any atom is -0.324 e. The standard InChI is InChI=1S/C18H21N3O5S/c1-4-14-8-10-16(11-9-14)20(27(3,25)26)13(2)18(22)19-15-6-5-7-17(12-15)21(23)24/h5-13H,4H2,1-3H3,(H,19,22)/t13-/m0/s1. The van der Waals surface area contributed by atoms with E-state index in [2.05, 4.69) is 5.32 Å². The average molecular weight is 391 g/mol. The number of nitrogens with zero attached hydrogens (tertiary/aromatic N) is 2. The fourth-order valence-corrected chi connectivity index (χ4v) is 3.81. The van der Waals surface area contributed by atoms with Crippen molar-refractivity contribution in [3.63, 3.8) is 0 Å². The van der Waals surface area contributed by atoms with Crippen LogP contribution in [0, 0.1) is 10.1 Å². The fourth-order valence-electron chi connectivity index (χ4n) is 2.63. The summed E-state index contributed by atoms with van der Waals surface area (Å²) in [4.78, 5) is 22.9. The van der Waals surface area contributed by atoms with Gasteiger partial charge in [0.25, 0.3) is 5.69 Å². The number of aryl methyl sites for hydroxylation is 1. The molecule has 0 heterocycles. The Hall–Kier alpha value is -2.94. The van der Waals surface area contributed by atoms with Gasteiger partial charge in [-0.25, -0.2) is 8.42 Å². The number of anilines is 2. The second-order valence-corrected chi connectivity index (χ2v) is 7.91. The lowest BCUT2D eigenvalue weighted by atomic mass is 10.1. The molecule has 1 amide bonds. The summed E-state index contributed by atoms with van der Waals surface area (Å²) in [5.41, 5.74) is 1.46. The van der Waals surface area contributed by atoms with Gasteiger partial charge in [-0.05, 0) is 37.1 Å². The molecule has 27 heavy (non-hydrogen) atoms. The Morgan fingerprint density at radius 3 is 2.37 bits per heavy atom. The summed E-state index contributed by atoms with van der Waals surface area (Å²) in [6.07, 6.45) is 1.83. The number of hydrogen-bond donors (Lipinski definition) is 1. The molecule has 1 N–H and O–H groups in total. The molecule has 0 aliphatic carbocycles. The third kappa shape index (κ3) is 5.04. The molecule has 1 atom stereocenters. The Bertz CT molecular complexity index is 942. The normalized spacial score (nSPS) is 12.3. The first-order chi connectivity index (χ1) is 12.6. The maximum atomic E-state index is 12.6. The minimum atomic E-state index is -3.73. The number of benzene rings is 2. The summed E-state index contributed by atoms with van der Waals surface area (Å²) in [6, 6.07) is 11.3. The smallest absolute Gasteiger partial charge is 0.271 e. The van der Waals surface area contributed by atoms with Gasteiger partial charge in [-0.1, -0.05) is 25.1 Å². The highest BCUT2D eigenvalue weighted by atomic mass is 32.2. The van der Waals surface area contributed by atoms with Gasteiger partial charge in [-0.15, -0.1) is 0 Å². The minimum absolute atomic E-state index is 0.171. The highest BCUT2D eigenvalue weighted by Gasteiger charge is 2.29. The van der Waals surface area contributed by atoms with Crippen molar-refractivity contribution in [2.24, 2.45) is 0 Å². The number of hydrogen-bond acceptors (Lipinski definition) is 5. The Labute approximate surface area is 158 Å². The fraction of sp³-hybridized carbons (Fsp3) is 0.278. The molecule has 0 aromatic heterocycles. The highest BCUT2D eigenvalue weighted by molar-refractivity contribution is 7.92. The van der Waals surface area contributed by atoms with Crippen LogP contribution in [0.1, 0.15) is 19.4 Å². The van der Waals surface area contributed by atoms with E-state index in [1.807, 2.05) is 6.92 Å². The van der Waals surface area contributed by atoms with Gasteiger partial charge < -0.3 is 5.32 Å². The predicted molar refractivity (Wildman–Crippen MR) is 104 cm³/mol. The third-order valence-corrected chi connectivity index (χ3v) is 5.25. The number of carbonyl (C=O) groups excluding carboxylic acids is 1. The Balaban J connectivity index is 2.29. The maximum Gasteiger partial charge on any atom is 0.271 e. The summed E-state index contributed by atoms with van der Waals surface area (Å²) in [7, 11) is -3.73. The largest absolute Gasteiger partial charge is 0.324 e. The van der Waals surface area contributed by atoms with Crippen molar-refractivity contribution in [3.8, 4) is 0 Å². The van der Waals surface area contributed by atoms with Gasteiger partial charge in [0.1, 0.15) is 6.04 Å². The lowest BCUT2D eigenvalue weighted by Gasteiger charge is -2.28. The van der Waals surface area contributed by atoms with Crippen LogP contribution in [0.25, 0.3) is 0 Å². The highest BCUT2D eigenvalue weighted by Crippen LogP contribution is 2.23. The van der Waals surface area contributed by atoms with Gasteiger partial charge in [-0.3, -0.25) is 19.2 Å². The molecule has 2 aromatic rings. The molecule has 0 aliphatic rings. The first-order valence-corrected chi connectivity index (χ1v) is 10.1. The van der Waals surface area contributed by atoms with Crippen molar-refractivity contribution in [1.82, 2.24) is 0 Å². The second-order valence-electron chi connectivity index (χ2n) is 6.05. The lowest BCUT2D eigenvalue weighted by molar-refractivity contribution is -0.384. The number of sulfonamides is 1. The molecular weight excluding hydrogens is 370 g/mol. The molecule has 0 saturated heterocycles. The van der Waals surface area contributed by atoms with E-state index in [1.54, 1.807) is 24.3 Å². The Morgan fingerprint density at radius 2 is 1.85 bits per heavy atom. The van der Waals surface area contributed by atoms with E-state index in [-0.39, 0.29) is 11.4 Å². The third-order valence-electron chi connectivity index (χ3n) is 4.01. The first-order valence-electron chi connectivity index (χ1n) is 8.27. The van der Waals surface area contributed by atoms with Crippen LogP contribution < -0.4 is 9.62 Å². The number of nitrogens with one attached hydrogen (secondary N) is 1. The summed E-state index contributed by atoms with van der Waals surface area (Å²) < 4.78 is 25.6. The zero-order chi connectivity index (χ0) is 20.2. The van der Waals surface area contributed by atoms with E-state index in [9.17, 15) is 23.3 Å².